The van der Waals surface area contributed by atoms with Crippen molar-refractivity contribution in [2.24, 2.45) is 0 Å². The zero-order chi connectivity index (χ0) is 19.2. The first-order valence-corrected chi connectivity index (χ1v) is 7.81. The highest BCUT2D eigenvalue weighted by atomic mass is 32.1. The second kappa shape index (κ2) is 8.48. The van der Waals surface area contributed by atoms with E-state index in [1.54, 1.807) is 30.3 Å². The van der Waals surface area contributed by atoms with Gasteiger partial charge in [-0.1, -0.05) is 24.3 Å². The van der Waals surface area contributed by atoms with Crippen LogP contribution in [0.25, 0.3) is 6.08 Å². The molecule has 0 bridgehead atoms. The molecule has 0 fully saturated rings. The minimum Gasteiger partial charge on any atom is -0.496 e. The van der Waals surface area contributed by atoms with E-state index in [-0.39, 0.29) is 10.8 Å². The molecule has 1 amide bonds. The summed E-state index contributed by atoms with van der Waals surface area (Å²) < 4.78 is 43.2. The second-order valence-electron chi connectivity index (χ2n) is 5.10. The summed E-state index contributed by atoms with van der Waals surface area (Å²) in [5.74, 6) is 0.0709. The van der Waals surface area contributed by atoms with Gasteiger partial charge in [-0.25, -0.2) is 0 Å². The first-order valence-electron chi connectivity index (χ1n) is 7.40. The largest absolute Gasteiger partial charge is 0.496 e. The van der Waals surface area contributed by atoms with E-state index in [9.17, 15) is 18.0 Å². The zero-order valence-corrected chi connectivity index (χ0v) is 14.4. The van der Waals surface area contributed by atoms with E-state index in [2.05, 4.69) is 10.6 Å². The van der Waals surface area contributed by atoms with E-state index in [4.69, 9.17) is 17.0 Å². The quantitative estimate of drug-likeness (QED) is 0.615. The molecule has 2 rings (SSSR count). The summed E-state index contributed by atoms with van der Waals surface area (Å²) >= 11 is 4.95. The number of hydrogen-bond acceptors (Lipinski definition) is 3. The van der Waals surface area contributed by atoms with Gasteiger partial charge >= 0.3 is 6.18 Å². The Kier molecular flexibility index (Phi) is 6.35. The van der Waals surface area contributed by atoms with Gasteiger partial charge in [0.25, 0.3) is 0 Å². The van der Waals surface area contributed by atoms with Gasteiger partial charge in [-0.3, -0.25) is 10.1 Å². The standard InChI is InChI=1S/C18H15F3N2O2S/c1-25-15-8-3-2-5-12(15)9-10-16(24)23-17(26)22-14-7-4-6-13(11-14)18(19,20)21/h2-11H,1H3,(H2,22,23,24,26)/b10-9+. The molecule has 0 aliphatic carbocycles. The second-order valence-corrected chi connectivity index (χ2v) is 5.51. The zero-order valence-electron chi connectivity index (χ0n) is 13.6. The Hall–Kier alpha value is -2.87. The molecule has 2 aromatic rings. The van der Waals surface area contributed by atoms with E-state index in [1.807, 2.05) is 0 Å². The molecule has 0 aliphatic heterocycles. The number of nitrogens with one attached hydrogen (secondary N) is 2. The third kappa shape index (κ3) is 5.59. The lowest BCUT2D eigenvalue weighted by atomic mass is 10.2. The fraction of sp³-hybridized carbons (Fsp3) is 0.111. The topological polar surface area (TPSA) is 50.4 Å². The number of amides is 1. The van der Waals surface area contributed by atoms with Crippen LogP contribution in [0.4, 0.5) is 18.9 Å². The lowest BCUT2D eigenvalue weighted by Crippen LogP contribution is -2.32. The maximum absolute atomic E-state index is 12.7. The summed E-state index contributed by atoms with van der Waals surface area (Å²) in [6, 6.07) is 11.6. The van der Waals surface area contributed by atoms with E-state index in [0.717, 1.165) is 12.1 Å². The average Bonchev–Trinajstić information content (AvgIpc) is 2.59. The fourth-order valence-electron chi connectivity index (χ4n) is 2.06. The molecule has 0 spiro atoms. The van der Waals surface area contributed by atoms with Crippen LogP contribution in [-0.4, -0.2) is 18.1 Å². The third-order valence-corrected chi connectivity index (χ3v) is 3.44. The number of thiocarbonyl (C=S) groups is 1. The number of alkyl halides is 3. The van der Waals surface area contributed by atoms with Gasteiger partial charge in [0.2, 0.25) is 5.91 Å². The molecule has 2 N–H and O–H groups in total. The number of rotatable bonds is 4. The lowest BCUT2D eigenvalue weighted by molar-refractivity contribution is -0.137. The Morgan fingerprint density at radius 2 is 1.88 bits per heavy atom. The average molecular weight is 380 g/mol. The summed E-state index contributed by atoms with van der Waals surface area (Å²) in [5.41, 5.74) is 0.00781. The molecular weight excluding hydrogens is 365 g/mol. The highest BCUT2D eigenvalue weighted by Crippen LogP contribution is 2.30. The van der Waals surface area contributed by atoms with Gasteiger partial charge in [-0.2, -0.15) is 13.2 Å². The number of halogens is 3. The van der Waals surface area contributed by atoms with Crippen molar-refractivity contribution in [2.45, 2.75) is 6.18 Å². The number of para-hydroxylation sites is 1. The summed E-state index contributed by atoms with van der Waals surface area (Å²) in [6.07, 6.45) is -1.67. The van der Waals surface area contributed by atoms with Crippen molar-refractivity contribution in [3.05, 3.63) is 65.7 Å². The first-order chi connectivity index (χ1) is 12.3. The number of carbonyl (C=O) groups is 1. The highest BCUT2D eigenvalue weighted by molar-refractivity contribution is 7.80. The molecule has 136 valence electrons. The molecule has 0 saturated carbocycles. The molecule has 0 unspecified atom stereocenters. The monoisotopic (exact) mass is 380 g/mol. The van der Waals surface area contributed by atoms with Crippen LogP contribution in [0.3, 0.4) is 0 Å². The number of hydrogen-bond donors (Lipinski definition) is 2. The number of carbonyl (C=O) groups excluding carboxylic acids is 1. The van der Waals surface area contributed by atoms with Crippen LogP contribution in [0.15, 0.2) is 54.6 Å². The number of anilines is 1. The van der Waals surface area contributed by atoms with E-state index in [1.165, 1.54) is 25.3 Å². The SMILES string of the molecule is COc1ccccc1/C=C/C(=O)NC(=S)Nc1cccc(C(F)(F)F)c1. The molecule has 4 nitrogen and oxygen atoms in total. The Labute approximate surface area is 153 Å². The molecule has 0 heterocycles. The number of ether oxygens (including phenoxy) is 1. The van der Waals surface area contributed by atoms with Crippen LogP contribution in [-0.2, 0) is 11.0 Å². The van der Waals surface area contributed by atoms with Crippen LogP contribution in [0.2, 0.25) is 0 Å². The van der Waals surface area contributed by atoms with Crippen LogP contribution in [0.5, 0.6) is 5.75 Å². The predicted octanol–water partition coefficient (Wildman–Crippen LogP) is 4.24. The van der Waals surface area contributed by atoms with Gasteiger partial charge in [0.1, 0.15) is 5.75 Å². The van der Waals surface area contributed by atoms with Crippen molar-refractivity contribution in [2.75, 3.05) is 12.4 Å². The third-order valence-electron chi connectivity index (χ3n) is 3.24. The molecule has 0 aliphatic rings. The van der Waals surface area contributed by atoms with Crippen molar-refractivity contribution >= 4 is 35.0 Å². The normalized spacial score (nSPS) is 11.2. The molecule has 0 atom stereocenters. The minimum absolute atomic E-state index is 0.112. The number of methoxy groups -OCH3 is 1. The van der Waals surface area contributed by atoms with Crippen molar-refractivity contribution in [1.82, 2.24) is 5.32 Å². The molecular formula is C18H15F3N2O2S. The number of benzene rings is 2. The Bertz CT molecular complexity index is 835. The highest BCUT2D eigenvalue weighted by Gasteiger charge is 2.30. The van der Waals surface area contributed by atoms with Gasteiger partial charge in [-0.15, -0.1) is 0 Å². The molecule has 0 radical (unpaired) electrons. The maximum atomic E-state index is 12.7. The molecule has 2 aromatic carbocycles. The van der Waals surface area contributed by atoms with Gasteiger partial charge in [0.15, 0.2) is 5.11 Å². The van der Waals surface area contributed by atoms with Crippen molar-refractivity contribution < 1.29 is 22.7 Å². The smallest absolute Gasteiger partial charge is 0.416 e. The van der Waals surface area contributed by atoms with Gasteiger partial charge in [0, 0.05) is 17.3 Å². The van der Waals surface area contributed by atoms with Gasteiger partial charge < -0.3 is 10.1 Å². The van der Waals surface area contributed by atoms with Gasteiger partial charge in [-0.05, 0) is 42.6 Å². The Balaban J connectivity index is 1.97. The van der Waals surface area contributed by atoms with E-state index in [0.29, 0.717) is 11.3 Å². The van der Waals surface area contributed by atoms with E-state index < -0.39 is 17.6 Å². The lowest BCUT2D eigenvalue weighted by Gasteiger charge is -2.11. The molecule has 8 heteroatoms. The van der Waals surface area contributed by atoms with Crippen LogP contribution >= 0.6 is 12.2 Å². The van der Waals surface area contributed by atoms with Crippen LogP contribution in [0, 0.1) is 0 Å². The van der Waals surface area contributed by atoms with Gasteiger partial charge in [0.05, 0.1) is 12.7 Å². The first kappa shape index (κ1) is 19.5. The van der Waals surface area contributed by atoms with Crippen molar-refractivity contribution in [1.29, 1.82) is 0 Å². The maximum Gasteiger partial charge on any atom is 0.416 e. The predicted molar refractivity (Wildman–Crippen MR) is 97.8 cm³/mol. The molecule has 0 saturated heterocycles. The minimum atomic E-state index is -4.46. The van der Waals surface area contributed by atoms with Crippen molar-refractivity contribution in [3.63, 3.8) is 0 Å². The summed E-state index contributed by atoms with van der Waals surface area (Å²) in [5, 5.41) is 4.80. The Morgan fingerprint density at radius 1 is 1.15 bits per heavy atom. The molecule has 26 heavy (non-hydrogen) atoms. The van der Waals surface area contributed by atoms with E-state index >= 15 is 0 Å². The summed E-state index contributed by atoms with van der Waals surface area (Å²) in [7, 11) is 1.51. The van der Waals surface area contributed by atoms with Crippen LogP contribution < -0.4 is 15.4 Å². The Morgan fingerprint density at radius 3 is 2.58 bits per heavy atom. The molecule has 0 aromatic heterocycles. The summed E-state index contributed by atoms with van der Waals surface area (Å²) in [4.78, 5) is 11.9. The van der Waals surface area contributed by atoms with Crippen LogP contribution in [0.1, 0.15) is 11.1 Å². The fourth-order valence-corrected chi connectivity index (χ4v) is 2.28. The summed E-state index contributed by atoms with van der Waals surface area (Å²) in [6.45, 7) is 0. The van der Waals surface area contributed by atoms with Crippen molar-refractivity contribution in [3.8, 4) is 5.75 Å².